The maximum absolute atomic E-state index is 10.7. The summed E-state index contributed by atoms with van der Waals surface area (Å²) in [5.41, 5.74) is 3.81. The maximum atomic E-state index is 10.7. The lowest BCUT2D eigenvalue weighted by molar-refractivity contribution is 0.214. The van der Waals surface area contributed by atoms with Crippen molar-refractivity contribution in [3.63, 3.8) is 0 Å². The third-order valence-corrected chi connectivity index (χ3v) is 3.98. The van der Waals surface area contributed by atoms with Crippen molar-refractivity contribution in [1.82, 2.24) is 4.98 Å². The Labute approximate surface area is 122 Å². The summed E-state index contributed by atoms with van der Waals surface area (Å²) in [5, 5.41) is 11.7. The first-order valence-corrected chi connectivity index (χ1v) is 7.10. The van der Waals surface area contributed by atoms with E-state index in [0.717, 1.165) is 34.2 Å². The summed E-state index contributed by atoms with van der Waals surface area (Å²) in [6.45, 7) is 0.695. The van der Waals surface area contributed by atoms with Gasteiger partial charge < -0.3 is 9.84 Å². The molecule has 0 bridgehead atoms. The zero-order valence-corrected chi connectivity index (χ0v) is 11.5. The van der Waals surface area contributed by atoms with Crippen molar-refractivity contribution < 1.29 is 9.84 Å². The van der Waals surface area contributed by atoms with Gasteiger partial charge >= 0.3 is 0 Å². The quantitative estimate of drug-likeness (QED) is 0.782. The summed E-state index contributed by atoms with van der Waals surface area (Å²) in [5.74, 6) is 0.844. The van der Waals surface area contributed by atoms with Crippen molar-refractivity contribution in [2.45, 2.75) is 12.5 Å². The number of ether oxygens (including phenoxy) is 1. The molecule has 3 aromatic rings. The molecule has 0 aliphatic carbocycles. The third kappa shape index (κ3) is 2.06. The fourth-order valence-electron chi connectivity index (χ4n) is 2.90. The molecule has 0 fully saturated rings. The summed E-state index contributed by atoms with van der Waals surface area (Å²) in [6, 6.07) is 15.7. The molecule has 1 aromatic heterocycles. The SMILES string of the molecule is OC(c1ccc2ncccc2c1)c1cccc2c1OCC2. The van der Waals surface area contributed by atoms with Crippen molar-refractivity contribution in [2.75, 3.05) is 6.61 Å². The van der Waals surface area contributed by atoms with E-state index in [1.165, 1.54) is 5.56 Å². The van der Waals surface area contributed by atoms with Crippen LogP contribution in [0.25, 0.3) is 10.9 Å². The fraction of sp³-hybridized carbons (Fsp3) is 0.167. The van der Waals surface area contributed by atoms with Gasteiger partial charge in [-0.05, 0) is 29.3 Å². The van der Waals surface area contributed by atoms with Gasteiger partial charge in [0.1, 0.15) is 11.9 Å². The van der Waals surface area contributed by atoms with Crippen LogP contribution in [0.4, 0.5) is 0 Å². The number of rotatable bonds is 2. The van der Waals surface area contributed by atoms with Gasteiger partial charge in [0.2, 0.25) is 0 Å². The maximum Gasteiger partial charge on any atom is 0.128 e. The Hall–Kier alpha value is -2.39. The molecule has 1 aliphatic heterocycles. The molecule has 104 valence electrons. The number of aliphatic hydroxyl groups excluding tert-OH is 1. The second kappa shape index (κ2) is 4.86. The van der Waals surface area contributed by atoms with Gasteiger partial charge in [-0.25, -0.2) is 0 Å². The van der Waals surface area contributed by atoms with E-state index < -0.39 is 6.10 Å². The van der Waals surface area contributed by atoms with Gasteiger partial charge in [-0.15, -0.1) is 0 Å². The van der Waals surface area contributed by atoms with Crippen LogP contribution in [0.1, 0.15) is 22.8 Å². The molecule has 1 N–H and O–H groups in total. The van der Waals surface area contributed by atoms with Gasteiger partial charge in [0.05, 0.1) is 12.1 Å². The summed E-state index contributed by atoms with van der Waals surface area (Å²) < 4.78 is 5.69. The van der Waals surface area contributed by atoms with Crippen molar-refractivity contribution in [3.05, 3.63) is 71.4 Å². The second-order valence-electron chi connectivity index (χ2n) is 5.29. The van der Waals surface area contributed by atoms with Gasteiger partial charge in [-0.3, -0.25) is 4.98 Å². The molecule has 1 atom stereocenters. The lowest BCUT2D eigenvalue weighted by atomic mass is 9.97. The average molecular weight is 277 g/mol. The highest BCUT2D eigenvalue weighted by Gasteiger charge is 2.21. The predicted octanol–water partition coefficient (Wildman–Crippen LogP) is 3.25. The van der Waals surface area contributed by atoms with E-state index in [-0.39, 0.29) is 0 Å². The average Bonchev–Trinajstić information content (AvgIpc) is 3.02. The molecule has 0 spiro atoms. The van der Waals surface area contributed by atoms with E-state index in [1.807, 2.05) is 42.5 Å². The van der Waals surface area contributed by atoms with Gasteiger partial charge in [-0.1, -0.05) is 30.3 Å². The van der Waals surface area contributed by atoms with E-state index >= 15 is 0 Å². The molecule has 3 heteroatoms. The molecule has 0 radical (unpaired) electrons. The first-order chi connectivity index (χ1) is 10.3. The van der Waals surface area contributed by atoms with Crippen LogP contribution in [-0.4, -0.2) is 16.7 Å². The Kier molecular flexibility index (Phi) is 2.86. The number of hydrogen-bond acceptors (Lipinski definition) is 3. The first-order valence-electron chi connectivity index (χ1n) is 7.10. The number of hydrogen-bond donors (Lipinski definition) is 1. The molecule has 0 saturated carbocycles. The van der Waals surface area contributed by atoms with E-state index in [9.17, 15) is 5.11 Å². The highest BCUT2D eigenvalue weighted by molar-refractivity contribution is 5.79. The lowest BCUT2D eigenvalue weighted by Gasteiger charge is -2.15. The lowest BCUT2D eigenvalue weighted by Crippen LogP contribution is -2.02. The summed E-state index contributed by atoms with van der Waals surface area (Å²) in [7, 11) is 0. The number of aliphatic hydroxyl groups is 1. The number of nitrogens with zero attached hydrogens (tertiary/aromatic N) is 1. The smallest absolute Gasteiger partial charge is 0.128 e. The normalized spacial score (nSPS) is 14.7. The third-order valence-electron chi connectivity index (χ3n) is 3.98. The van der Waals surface area contributed by atoms with Crippen molar-refractivity contribution in [2.24, 2.45) is 0 Å². The number of fused-ring (bicyclic) bond motifs is 2. The van der Waals surface area contributed by atoms with Gasteiger partial charge in [0, 0.05) is 23.6 Å². The molecule has 2 aromatic carbocycles. The largest absolute Gasteiger partial charge is 0.493 e. The monoisotopic (exact) mass is 277 g/mol. The minimum atomic E-state index is -0.678. The Bertz CT molecular complexity index is 813. The van der Waals surface area contributed by atoms with Crippen LogP contribution in [0.3, 0.4) is 0 Å². The van der Waals surface area contributed by atoms with E-state index in [0.29, 0.717) is 6.61 Å². The molecule has 3 nitrogen and oxygen atoms in total. The Balaban J connectivity index is 1.80. The van der Waals surface area contributed by atoms with Gasteiger partial charge in [0.25, 0.3) is 0 Å². The minimum absolute atomic E-state index is 0.678. The molecular weight excluding hydrogens is 262 g/mol. The molecule has 4 rings (SSSR count). The zero-order valence-electron chi connectivity index (χ0n) is 11.5. The van der Waals surface area contributed by atoms with Crippen molar-refractivity contribution >= 4 is 10.9 Å². The molecule has 2 heterocycles. The summed E-state index contributed by atoms with van der Waals surface area (Å²) in [6.07, 6.45) is 2.01. The Morgan fingerprint density at radius 1 is 1.10 bits per heavy atom. The molecule has 1 aliphatic rings. The van der Waals surface area contributed by atoms with Crippen LogP contribution in [0.2, 0.25) is 0 Å². The van der Waals surface area contributed by atoms with Crippen LogP contribution in [-0.2, 0) is 6.42 Å². The van der Waals surface area contributed by atoms with Crippen LogP contribution in [0, 0.1) is 0 Å². The van der Waals surface area contributed by atoms with E-state index in [2.05, 4.69) is 11.1 Å². The molecule has 0 amide bonds. The van der Waals surface area contributed by atoms with Gasteiger partial charge in [0.15, 0.2) is 0 Å². The molecule has 1 unspecified atom stereocenters. The van der Waals surface area contributed by atoms with Crippen molar-refractivity contribution in [3.8, 4) is 5.75 Å². The zero-order chi connectivity index (χ0) is 14.2. The molecular formula is C18H15NO2. The van der Waals surface area contributed by atoms with Crippen LogP contribution >= 0.6 is 0 Å². The number of para-hydroxylation sites is 1. The second-order valence-corrected chi connectivity index (χ2v) is 5.29. The number of benzene rings is 2. The highest BCUT2D eigenvalue weighted by Crippen LogP contribution is 2.36. The summed E-state index contributed by atoms with van der Waals surface area (Å²) in [4.78, 5) is 4.31. The summed E-state index contributed by atoms with van der Waals surface area (Å²) >= 11 is 0. The van der Waals surface area contributed by atoms with Crippen LogP contribution in [0.15, 0.2) is 54.7 Å². The van der Waals surface area contributed by atoms with E-state index in [4.69, 9.17) is 4.74 Å². The van der Waals surface area contributed by atoms with Crippen molar-refractivity contribution in [1.29, 1.82) is 0 Å². The standard InChI is InChI=1S/C18H15NO2/c20-17(15-5-1-3-12-8-10-21-18(12)15)14-6-7-16-13(11-14)4-2-9-19-16/h1-7,9,11,17,20H,8,10H2. The minimum Gasteiger partial charge on any atom is -0.493 e. The number of aromatic nitrogens is 1. The Morgan fingerprint density at radius 3 is 3.00 bits per heavy atom. The first kappa shape index (κ1) is 12.4. The predicted molar refractivity (Wildman–Crippen MR) is 81.4 cm³/mol. The highest BCUT2D eigenvalue weighted by atomic mass is 16.5. The van der Waals surface area contributed by atoms with Gasteiger partial charge in [-0.2, -0.15) is 0 Å². The van der Waals surface area contributed by atoms with E-state index in [1.54, 1.807) is 6.20 Å². The van der Waals surface area contributed by atoms with Crippen LogP contribution in [0.5, 0.6) is 5.75 Å². The van der Waals surface area contributed by atoms with Crippen LogP contribution < -0.4 is 4.74 Å². The molecule has 0 saturated heterocycles. The Morgan fingerprint density at radius 2 is 2.05 bits per heavy atom. The fourth-order valence-corrected chi connectivity index (χ4v) is 2.90. The number of pyridine rings is 1. The molecule has 21 heavy (non-hydrogen) atoms. The topological polar surface area (TPSA) is 42.4 Å².